The van der Waals surface area contributed by atoms with E-state index in [2.05, 4.69) is 5.10 Å². The van der Waals surface area contributed by atoms with Gasteiger partial charge in [-0.2, -0.15) is 5.10 Å². The van der Waals surface area contributed by atoms with Crippen molar-refractivity contribution in [3.63, 3.8) is 0 Å². The number of rotatable bonds is 2. The first kappa shape index (κ1) is 9.24. The van der Waals surface area contributed by atoms with E-state index in [0.717, 1.165) is 4.68 Å². The summed E-state index contributed by atoms with van der Waals surface area (Å²) < 4.78 is 0.985. The molecule has 1 heterocycles. The summed E-state index contributed by atoms with van der Waals surface area (Å²) in [5.41, 5.74) is 10.1. The van der Waals surface area contributed by atoms with Crippen molar-refractivity contribution in [3.05, 3.63) is 22.6 Å². The van der Waals surface area contributed by atoms with Crippen LogP contribution in [0.2, 0.25) is 0 Å². The Balaban J connectivity index is 3.16. The Hall–Kier alpha value is -1.85. The summed E-state index contributed by atoms with van der Waals surface area (Å²) in [5, 5.41) is 3.68. The molecule has 0 saturated carbocycles. The number of aromatic nitrogens is 2. The van der Waals surface area contributed by atoms with E-state index >= 15 is 0 Å². The fourth-order valence-electron chi connectivity index (χ4n) is 0.843. The second-order valence-corrected chi connectivity index (χ2v) is 2.65. The second-order valence-electron chi connectivity index (χ2n) is 2.65. The van der Waals surface area contributed by atoms with Crippen LogP contribution in [0.15, 0.2) is 17.1 Å². The van der Waals surface area contributed by atoms with Gasteiger partial charge in [0.1, 0.15) is 6.04 Å². The second kappa shape index (κ2) is 3.26. The van der Waals surface area contributed by atoms with Gasteiger partial charge >= 0.3 is 0 Å². The molecule has 0 saturated heterocycles. The molecule has 0 fully saturated rings. The Bertz CT molecular complexity index is 384. The number of primary amides is 1. The van der Waals surface area contributed by atoms with Crippen molar-refractivity contribution in [2.24, 2.45) is 5.73 Å². The summed E-state index contributed by atoms with van der Waals surface area (Å²) in [7, 11) is 0. The third-order valence-corrected chi connectivity index (χ3v) is 1.63. The zero-order valence-corrected chi connectivity index (χ0v) is 7.10. The van der Waals surface area contributed by atoms with Crippen LogP contribution < -0.4 is 17.0 Å². The zero-order chi connectivity index (χ0) is 10.0. The lowest BCUT2D eigenvalue weighted by Gasteiger charge is -2.08. The van der Waals surface area contributed by atoms with Gasteiger partial charge in [-0.15, -0.1) is 0 Å². The molecule has 0 aliphatic rings. The lowest BCUT2D eigenvalue weighted by Crippen LogP contribution is -2.33. The minimum absolute atomic E-state index is 0.262. The van der Waals surface area contributed by atoms with E-state index in [0.29, 0.717) is 0 Å². The molecule has 13 heavy (non-hydrogen) atoms. The maximum atomic E-state index is 11.2. The van der Waals surface area contributed by atoms with Crippen molar-refractivity contribution in [2.75, 3.05) is 5.73 Å². The molecule has 0 bridgehead atoms. The summed E-state index contributed by atoms with van der Waals surface area (Å²) in [4.78, 5) is 21.9. The lowest BCUT2D eigenvalue weighted by molar-refractivity contribution is -0.121. The molecular formula is C7H10N4O2. The van der Waals surface area contributed by atoms with Gasteiger partial charge < -0.3 is 11.5 Å². The van der Waals surface area contributed by atoms with Crippen molar-refractivity contribution in [3.8, 4) is 0 Å². The van der Waals surface area contributed by atoms with Crippen molar-refractivity contribution in [1.29, 1.82) is 0 Å². The fourth-order valence-corrected chi connectivity index (χ4v) is 0.843. The number of hydrogen-bond acceptors (Lipinski definition) is 4. The lowest BCUT2D eigenvalue weighted by atomic mass is 10.3. The quantitative estimate of drug-likeness (QED) is 0.603. The molecule has 1 rings (SSSR count). The van der Waals surface area contributed by atoms with Gasteiger partial charge in [-0.05, 0) is 6.92 Å². The Morgan fingerprint density at radius 1 is 1.69 bits per heavy atom. The maximum absolute atomic E-state index is 11.2. The Kier molecular flexibility index (Phi) is 2.32. The monoisotopic (exact) mass is 182 g/mol. The van der Waals surface area contributed by atoms with Crippen LogP contribution in [-0.4, -0.2) is 15.7 Å². The molecule has 0 aromatic carbocycles. The van der Waals surface area contributed by atoms with Gasteiger partial charge in [0.25, 0.3) is 5.56 Å². The van der Waals surface area contributed by atoms with Crippen LogP contribution in [0.1, 0.15) is 13.0 Å². The van der Waals surface area contributed by atoms with E-state index in [1.54, 1.807) is 0 Å². The highest BCUT2D eigenvalue weighted by atomic mass is 16.2. The molecule has 6 nitrogen and oxygen atoms in total. The number of hydrogen-bond donors (Lipinski definition) is 2. The van der Waals surface area contributed by atoms with E-state index in [1.807, 2.05) is 0 Å². The summed E-state index contributed by atoms with van der Waals surface area (Å²) in [5.74, 6) is -0.612. The van der Waals surface area contributed by atoms with Crippen molar-refractivity contribution in [1.82, 2.24) is 9.78 Å². The minimum Gasteiger partial charge on any atom is -0.397 e. The van der Waals surface area contributed by atoms with E-state index < -0.39 is 17.5 Å². The van der Waals surface area contributed by atoms with Crippen LogP contribution in [0.4, 0.5) is 5.69 Å². The first-order valence-corrected chi connectivity index (χ1v) is 3.66. The minimum atomic E-state index is -0.756. The van der Waals surface area contributed by atoms with Crippen LogP contribution in [0.3, 0.4) is 0 Å². The van der Waals surface area contributed by atoms with Gasteiger partial charge in [-0.3, -0.25) is 9.59 Å². The molecule has 6 heteroatoms. The summed E-state index contributed by atoms with van der Waals surface area (Å²) in [6, 6.07) is 0.431. The number of nitrogens with two attached hydrogens (primary N) is 2. The van der Waals surface area contributed by atoms with Gasteiger partial charge in [-0.25, -0.2) is 4.68 Å². The summed E-state index contributed by atoms with van der Waals surface area (Å²) in [6.45, 7) is 1.49. The number of amides is 1. The summed E-state index contributed by atoms with van der Waals surface area (Å²) >= 11 is 0. The highest BCUT2D eigenvalue weighted by Gasteiger charge is 2.12. The van der Waals surface area contributed by atoms with Crippen molar-refractivity contribution >= 4 is 11.6 Å². The normalized spacial score (nSPS) is 12.4. The number of carbonyl (C=O) groups is 1. The number of nitrogens with zero attached hydrogens (tertiary/aromatic N) is 2. The number of anilines is 1. The average Bonchev–Trinajstić information content (AvgIpc) is 2.03. The van der Waals surface area contributed by atoms with Gasteiger partial charge in [0, 0.05) is 6.07 Å². The molecule has 0 spiro atoms. The molecule has 1 amide bonds. The molecule has 0 aliphatic heterocycles. The van der Waals surface area contributed by atoms with Crippen LogP contribution >= 0.6 is 0 Å². The highest BCUT2D eigenvalue weighted by Crippen LogP contribution is 1.99. The van der Waals surface area contributed by atoms with Gasteiger partial charge in [0.15, 0.2) is 0 Å². The SMILES string of the molecule is CC(C(N)=O)n1ncc(N)cc1=O. The number of nitrogen functional groups attached to an aromatic ring is 1. The average molecular weight is 182 g/mol. The van der Waals surface area contributed by atoms with E-state index in [-0.39, 0.29) is 5.69 Å². The smallest absolute Gasteiger partial charge is 0.269 e. The van der Waals surface area contributed by atoms with Gasteiger partial charge in [-0.1, -0.05) is 0 Å². The van der Waals surface area contributed by atoms with E-state index in [1.165, 1.54) is 19.2 Å². The predicted molar refractivity (Wildman–Crippen MR) is 46.8 cm³/mol. The third kappa shape index (κ3) is 1.84. The Morgan fingerprint density at radius 2 is 2.31 bits per heavy atom. The predicted octanol–water partition coefficient (Wildman–Crippen LogP) is -1.13. The largest absolute Gasteiger partial charge is 0.397 e. The standard InChI is InChI=1S/C7H10N4O2/c1-4(7(9)13)11-6(12)2-5(8)3-10-11/h2-4H,8H2,1H3,(H2,9,13). The van der Waals surface area contributed by atoms with E-state index in [9.17, 15) is 9.59 Å². The first-order chi connectivity index (χ1) is 6.02. The Labute approximate surface area is 74.1 Å². The van der Waals surface area contributed by atoms with Crippen LogP contribution in [0.5, 0.6) is 0 Å². The molecule has 1 aromatic rings. The van der Waals surface area contributed by atoms with Crippen molar-refractivity contribution in [2.45, 2.75) is 13.0 Å². The van der Waals surface area contributed by atoms with Crippen molar-refractivity contribution < 1.29 is 4.79 Å². The van der Waals surface area contributed by atoms with E-state index in [4.69, 9.17) is 11.5 Å². The number of carbonyl (C=O) groups excluding carboxylic acids is 1. The topological polar surface area (TPSA) is 104 Å². The molecule has 4 N–H and O–H groups in total. The molecule has 70 valence electrons. The zero-order valence-electron chi connectivity index (χ0n) is 7.10. The third-order valence-electron chi connectivity index (χ3n) is 1.63. The molecule has 0 radical (unpaired) electrons. The van der Waals surface area contributed by atoms with Crippen LogP contribution in [-0.2, 0) is 4.79 Å². The first-order valence-electron chi connectivity index (χ1n) is 3.66. The highest BCUT2D eigenvalue weighted by molar-refractivity contribution is 5.77. The van der Waals surface area contributed by atoms with Crippen LogP contribution in [0, 0.1) is 0 Å². The molecule has 0 aliphatic carbocycles. The molecule has 1 atom stereocenters. The Morgan fingerprint density at radius 3 is 2.77 bits per heavy atom. The summed E-state index contributed by atoms with van der Waals surface area (Å²) in [6.07, 6.45) is 1.29. The molecular weight excluding hydrogens is 172 g/mol. The molecule has 1 unspecified atom stereocenters. The van der Waals surface area contributed by atoms with Gasteiger partial charge in [0.2, 0.25) is 5.91 Å². The maximum Gasteiger partial charge on any atom is 0.269 e. The van der Waals surface area contributed by atoms with Crippen LogP contribution in [0.25, 0.3) is 0 Å². The molecule has 1 aromatic heterocycles. The van der Waals surface area contributed by atoms with Gasteiger partial charge in [0.05, 0.1) is 11.9 Å². The fraction of sp³-hybridized carbons (Fsp3) is 0.286.